The van der Waals surface area contributed by atoms with Gasteiger partial charge in [0, 0.05) is 37.0 Å². The van der Waals surface area contributed by atoms with Gasteiger partial charge in [0.1, 0.15) is 5.82 Å². The first-order chi connectivity index (χ1) is 14.3. The van der Waals surface area contributed by atoms with Crippen LogP contribution in [0.4, 0.5) is 0 Å². The molecule has 2 aromatic heterocycles. The van der Waals surface area contributed by atoms with Crippen molar-refractivity contribution in [1.82, 2.24) is 29.9 Å². The Balaban J connectivity index is 1.55. The molecule has 3 aromatic rings. The molecule has 0 spiro atoms. The van der Waals surface area contributed by atoms with Crippen LogP contribution in [0.25, 0.3) is 0 Å². The number of nitrogens with one attached hydrogen (secondary N) is 1. The van der Waals surface area contributed by atoms with Gasteiger partial charge in [-0.3, -0.25) is 9.48 Å². The van der Waals surface area contributed by atoms with Crippen molar-refractivity contribution in [1.29, 1.82) is 0 Å². The number of carbonyl (C=O) groups is 1. The number of hydrogen-bond donors (Lipinski definition) is 1. The van der Waals surface area contributed by atoms with E-state index in [4.69, 9.17) is 0 Å². The van der Waals surface area contributed by atoms with Gasteiger partial charge in [-0.15, -0.1) is 10.2 Å². The van der Waals surface area contributed by atoms with E-state index >= 15 is 0 Å². The highest BCUT2D eigenvalue weighted by molar-refractivity contribution is 7.99. The van der Waals surface area contributed by atoms with E-state index in [1.807, 2.05) is 54.4 Å². The number of thioether (sulfide) groups is 1. The lowest BCUT2D eigenvalue weighted by Gasteiger charge is -2.09. The van der Waals surface area contributed by atoms with Crippen molar-refractivity contribution in [2.75, 3.05) is 12.3 Å². The number of nitrogens with zero attached hydrogens (tertiary/aromatic N) is 5. The molecule has 0 saturated carbocycles. The predicted molar refractivity (Wildman–Crippen MR) is 120 cm³/mol. The van der Waals surface area contributed by atoms with Crippen molar-refractivity contribution in [2.24, 2.45) is 13.0 Å². The molecule has 2 heterocycles. The molecule has 0 aliphatic carbocycles. The van der Waals surface area contributed by atoms with E-state index in [0.717, 1.165) is 33.7 Å². The lowest BCUT2D eigenvalue weighted by molar-refractivity contribution is 0.0953. The topological polar surface area (TPSA) is 77.6 Å². The summed E-state index contributed by atoms with van der Waals surface area (Å²) >= 11 is 1.71. The van der Waals surface area contributed by atoms with Crippen LogP contribution in [0.5, 0.6) is 0 Å². The zero-order valence-electron chi connectivity index (χ0n) is 18.3. The van der Waals surface area contributed by atoms with Crippen LogP contribution in [0.2, 0.25) is 0 Å². The van der Waals surface area contributed by atoms with Gasteiger partial charge in [-0.1, -0.05) is 37.7 Å². The molecule has 0 unspecified atom stereocenters. The average molecular weight is 427 g/mol. The summed E-state index contributed by atoms with van der Waals surface area (Å²) in [6, 6.07) is 9.74. The Bertz CT molecular complexity index is 1010. The van der Waals surface area contributed by atoms with Crippen molar-refractivity contribution in [3.05, 3.63) is 58.7 Å². The minimum atomic E-state index is -0.0817. The second-order valence-corrected chi connectivity index (χ2v) is 8.94. The van der Waals surface area contributed by atoms with Crippen LogP contribution < -0.4 is 5.32 Å². The Labute approximate surface area is 182 Å². The summed E-state index contributed by atoms with van der Waals surface area (Å²) in [6.45, 7) is 9.56. The van der Waals surface area contributed by atoms with Crippen LogP contribution in [-0.4, -0.2) is 42.7 Å². The highest BCUT2D eigenvalue weighted by Crippen LogP contribution is 2.18. The second kappa shape index (κ2) is 9.93. The Morgan fingerprint density at radius 3 is 2.70 bits per heavy atom. The zero-order chi connectivity index (χ0) is 21.7. The molecule has 30 heavy (non-hydrogen) atoms. The monoisotopic (exact) mass is 426 g/mol. The molecular weight excluding hydrogens is 396 g/mol. The number of aromatic nitrogens is 5. The first kappa shape index (κ1) is 22.1. The molecule has 0 bridgehead atoms. The van der Waals surface area contributed by atoms with E-state index in [0.29, 0.717) is 31.0 Å². The maximum Gasteiger partial charge on any atom is 0.251 e. The third-order valence-electron chi connectivity index (χ3n) is 4.73. The first-order valence-corrected chi connectivity index (χ1v) is 11.2. The number of hydrogen-bond acceptors (Lipinski definition) is 5. The maximum atomic E-state index is 12.6. The molecule has 7 nitrogen and oxygen atoms in total. The molecular formula is C22H30N6OS. The maximum absolute atomic E-state index is 12.6. The van der Waals surface area contributed by atoms with E-state index < -0.39 is 0 Å². The fourth-order valence-corrected chi connectivity index (χ4v) is 4.02. The predicted octanol–water partition coefficient (Wildman–Crippen LogP) is 3.40. The Kier molecular flexibility index (Phi) is 7.31. The number of aryl methyl sites for hydroxylation is 2. The van der Waals surface area contributed by atoms with Gasteiger partial charge in [0.15, 0.2) is 5.16 Å². The van der Waals surface area contributed by atoms with Gasteiger partial charge in [-0.05, 0) is 43.5 Å². The number of benzene rings is 1. The molecule has 3 rings (SSSR count). The minimum absolute atomic E-state index is 0.0817. The smallest absolute Gasteiger partial charge is 0.251 e. The molecule has 0 radical (unpaired) electrons. The molecule has 160 valence electrons. The summed E-state index contributed by atoms with van der Waals surface area (Å²) in [5.41, 5.74) is 3.81. The molecule has 1 amide bonds. The Morgan fingerprint density at radius 1 is 1.20 bits per heavy atom. The summed E-state index contributed by atoms with van der Waals surface area (Å²) < 4.78 is 3.96. The average Bonchev–Trinajstić information content (AvgIpc) is 3.21. The van der Waals surface area contributed by atoms with Crippen LogP contribution >= 0.6 is 11.8 Å². The first-order valence-electron chi connectivity index (χ1n) is 10.2. The number of carbonyl (C=O) groups excluding carboxylic acids is 1. The van der Waals surface area contributed by atoms with Crippen molar-refractivity contribution < 1.29 is 4.79 Å². The van der Waals surface area contributed by atoms with E-state index in [1.54, 1.807) is 11.8 Å². The van der Waals surface area contributed by atoms with Crippen LogP contribution in [0, 0.1) is 19.8 Å². The molecule has 1 aromatic carbocycles. The zero-order valence-corrected chi connectivity index (χ0v) is 19.2. The van der Waals surface area contributed by atoms with Crippen LogP contribution in [0.3, 0.4) is 0 Å². The molecule has 1 N–H and O–H groups in total. The third kappa shape index (κ3) is 5.72. The summed E-state index contributed by atoms with van der Waals surface area (Å²) in [6.07, 6.45) is 0.642. The van der Waals surface area contributed by atoms with Gasteiger partial charge in [0.05, 0.1) is 12.2 Å². The van der Waals surface area contributed by atoms with E-state index in [2.05, 4.69) is 40.5 Å². The van der Waals surface area contributed by atoms with Gasteiger partial charge in [0.2, 0.25) is 0 Å². The van der Waals surface area contributed by atoms with Crippen molar-refractivity contribution in [3.63, 3.8) is 0 Å². The Hall–Kier alpha value is -2.61. The van der Waals surface area contributed by atoms with Gasteiger partial charge in [-0.25, -0.2) is 0 Å². The molecule has 0 atom stereocenters. The fraction of sp³-hybridized carbons (Fsp3) is 0.455. The Morgan fingerprint density at radius 2 is 2.00 bits per heavy atom. The van der Waals surface area contributed by atoms with Crippen LogP contribution in [-0.2, 0) is 20.0 Å². The largest absolute Gasteiger partial charge is 0.352 e. The van der Waals surface area contributed by atoms with Crippen molar-refractivity contribution in [2.45, 2.75) is 45.8 Å². The highest BCUT2D eigenvalue weighted by atomic mass is 32.2. The van der Waals surface area contributed by atoms with Gasteiger partial charge in [-0.2, -0.15) is 5.10 Å². The van der Waals surface area contributed by atoms with Crippen molar-refractivity contribution in [3.8, 4) is 0 Å². The van der Waals surface area contributed by atoms with Crippen LogP contribution in [0.1, 0.15) is 47.0 Å². The summed E-state index contributed by atoms with van der Waals surface area (Å²) in [5.74, 6) is 2.41. The fourth-order valence-electron chi connectivity index (χ4n) is 3.14. The van der Waals surface area contributed by atoms with Gasteiger partial charge >= 0.3 is 0 Å². The minimum Gasteiger partial charge on any atom is -0.352 e. The molecule has 8 heteroatoms. The van der Waals surface area contributed by atoms with Gasteiger partial charge < -0.3 is 9.88 Å². The lowest BCUT2D eigenvalue weighted by atomic mass is 10.1. The molecule has 0 aliphatic heterocycles. The summed E-state index contributed by atoms with van der Waals surface area (Å²) in [5, 5.41) is 16.9. The molecule has 0 aliphatic rings. The second-order valence-electron chi connectivity index (χ2n) is 7.95. The van der Waals surface area contributed by atoms with E-state index in [-0.39, 0.29) is 5.91 Å². The van der Waals surface area contributed by atoms with E-state index in [9.17, 15) is 4.79 Å². The normalized spacial score (nSPS) is 11.3. The van der Waals surface area contributed by atoms with E-state index in [1.165, 1.54) is 0 Å². The lowest BCUT2D eigenvalue weighted by Crippen LogP contribution is -2.26. The quantitative estimate of drug-likeness (QED) is 0.531. The molecule has 0 saturated heterocycles. The van der Waals surface area contributed by atoms with Crippen molar-refractivity contribution >= 4 is 17.7 Å². The van der Waals surface area contributed by atoms with Crippen LogP contribution in [0.15, 0.2) is 35.5 Å². The third-order valence-corrected chi connectivity index (χ3v) is 6.18. The number of rotatable bonds is 9. The summed E-state index contributed by atoms with van der Waals surface area (Å²) in [4.78, 5) is 12.6. The SMILES string of the molecule is Cc1cc(C)n(Cc2cccc(C(=O)NCCc3nnc(SCC(C)C)n3C)c2)n1. The number of amides is 1. The summed E-state index contributed by atoms with van der Waals surface area (Å²) in [7, 11) is 1.97. The molecule has 0 fully saturated rings. The standard InChI is InChI=1S/C22H30N6OS/c1-15(2)14-30-22-25-24-20(27(22)5)9-10-23-21(29)19-8-6-7-18(12-19)13-28-17(4)11-16(3)26-28/h6-8,11-12,15H,9-10,13-14H2,1-5H3,(H,23,29). The van der Waals surface area contributed by atoms with Gasteiger partial charge in [0.25, 0.3) is 5.91 Å². The highest BCUT2D eigenvalue weighted by Gasteiger charge is 2.12.